The van der Waals surface area contributed by atoms with Crippen LogP contribution in [0.1, 0.15) is 30.7 Å². The van der Waals surface area contributed by atoms with Crippen molar-refractivity contribution in [2.75, 3.05) is 0 Å². The Balaban J connectivity index is 1.63. The average Bonchev–Trinajstić information content (AvgIpc) is 3.24. The first-order chi connectivity index (χ1) is 10.7. The molecule has 6 heteroatoms. The van der Waals surface area contributed by atoms with Gasteiger partial charge in [0.1, 0.15) is 0 Å². The van der Waals surface area contributed by atoms with Crippen LogP contribution in [-0.2, 0) is 6.54 Å². The highest BCUT2D eigenvalue weighted by molar-refractivity contribution is 7.14. The van der Waals surface area contributed by atoms with E-state index in [0.717, 1.165) is 4.88 Å². The highest BCUT2D eigenvalue weighted by Gasteiger charge is 2.14. The zero-order valence-electron chi connectivity index (χ0n) is 11.5. The molecule has 0 spiro atoms. The predicted molar refractivity (Wildman–Crippen MR) is 81.9 cm³/mol. The largest absolute Gasteiger partial charge is 0.461 e. The molecule has 0 atom stereocenters. The predicted octanol–water partition coefficient (Wildman–Crippen LogP) is 2.90. The standard InChI is InChI=1S/C16H12N2O3S/c19-15(13-4-2-8-21-13)14-6-5-12(22-14)10-18-16(20)11-3-1-7-17-9-11/h1-9H,10H2,(H,18,20). The lowest BCUT2D eigenvalue weighted by Gasteiger charge is -2.02. The Morgan fingerprint density at radius 1 is 1.18 bits per heavy atom. The molecule has 0 aliphatic carbocycles. The normalized spacial score (nSPS) is 10.4. The molecule has 0 saturated heterocycles. The number of ketones is 1. The second-order valence-electron chi connectivity index (χ2n) is 4.50. The first-order valence-corrected chi connectivity index (χ1v) is 7.41. The summed E-state index contributed by atoms with van der Waals surface area (Å²) in [5, 5.41) is 2.80. The van der Waals surface area contributed by atoms with E-state index < -0.39 is 0 Å². The fraction of sp³-hybridized carbons (Fsp3) is 0.0625. The molecule has 0 bridgehead atoms. The van der Waals surface area contributed by atoms with Gasteiger partial charge >= 0.3 is 0 Å². The smallest absolute Gasteiger partial charge is 0.253 e. The lowest BCUT2D eigenvalue weighted by molar-refractivity contribution is 0.0950. The van der Waals surface area contributed by atoms with Crippen molar-refractivity contribution in [1.29, 1.82) is 0 Å². The van der Waals surface area contributed by atoms with Crippen LogP contribution in [0.25, 0.3) is 0 Å². The molecule has 1 N–H and O–H groups in total. The van der Waals surface area contributed by atoms with Crippen LogP contribution in [0.3, 0.4) is 0 Å². The minimum absolute atomic E-state index is 0.153. The number of thiophene rings is 1. The summed E-state index contributed by atoms with van der Waals surface area (Å²) in [4.78, 5) is 29.4. The van der Waals surface area contributed by atoms with Gasteiger partial charge in [-0.05, 0) is 36.4 Å². The highest BCUT2D eigenvalue weighted by Crippen LogP contribution is 2.20. The zero-order valence-corrected chi connectivity index (χ0v) is 12.3. The van der Waals surface area contributed by atoms with Gasteiger partial charge in [-0.2, -0.15) is 0 Å². The van der Waals surface area contributed by atoms with Crippen LogP contribution in [-0.4, -0.2) is 16.7 Å². The van der Waals surface area contributed by atoms with E-state index in [9.17, 15) is 9.59 Å². The number of hydrogen-bond acceptors (Lipinski definition) is 5. The minimum atomic E-state index is -0.194. The molecule has 5 nitrogen and oxygen atoms in total. The topological polar surface area (TPSA) is 72.2 Å². The van der Waals surface area contributed by atoms with E-state index in [-0.39, 0.29) is 11.7 Å². The summed E-state index contributed by atoms with van der Waals surface area (Å²) >= 11 is 1.34. The lowest BCUT2D eigenvalue weighted by atomic mass is 10.2. The molecule has 0 aliphatic heterocycles. The lowest BCUT2D eigenvalue weighted by Crippen LogP contribution is -2.22. The molecule has 0 radical (unpaired) electrons. The third-order valence-electron chi connectivity index (χ3n) is 2.98. The second kappa shape index (κ2) is 6.36. The van der Waals surface area contributed by atoms with E-state index in [1.165, 1.54) is 23.8 Å². The second-order valence-corrected chi connectivity index (χ2v) is 5.67. The van der Waals surface area contributed by atoms with E-state index in [2.05, 4.69) is 10.3 Å². The number of aromatic nitrogens is 1. The molecule has 0 saturated carbocycles. The number of rotatable bonds is 5. The summed E-state index contributed by atoms with van der Waals surface area (Å²) < 4.78 is 5.10. The number of pyridine rings is 1. The number of carbonyl (C=O) groups is 2. The van der Waals surface area contributed by atoms with Crippen LogP contribution in [0.4, 0.5) is 0 Å². The number of nitrogens with zero attached hydrogens (tertiary/aromatic N) is 1. The molecule has 3 aromatic heterocycles. The van der Waals surface area contributed by atoms with Gasteiger partial charge in [-0.3, -0.25) is 14.6 Å². The molecule has 22 heavy (non-hydrogen) atoms. The van der Waals surface area contributed by atoms with Gasteiger partial charge in [-0.25, -0.2) is 0 Å². The number of amides is 1. The van der Waals surface area contributed by atoms with Crippen molar-refractivity contribution in [3.63, 3.8) is 0 Å². The van der Waals surface area contributed by atoms with Crippen molar-refractivity contribution in [3.05, 3.63) is 76.1 Å². The molecule has 110 valence electrons. The van der Waals surface area contributed by atoms with Gasteiger partial charge < -0.3 is 9.73 Å². The van der Waals surface area contributed by atoms with Crippen LogP contribution < -0.4 is 5.32 Å². The van der Waals surface area contributed by atoms with Gasteiger partial charge in [-0.1, -0.05) is 0 Å². The minimum Gasteiger partial charge on any atom is -0.461 e. The van der Waals surface area contributed by atoms with Crippen molar-refractivity contribution in [2.45, 2.75) is 6.54 Å². The molecule has 0 aromatic carbocycles. The summed E-state index contributed by atoms with van der Waals surface area (Å²) in [6.07, 6.45) is 4.59. The van der Waals surface area contributed by atoms with Gasteiger partial charge in [0.05, 0.1) is 23.2 Å². The van der Waals surface area contributed by atoms with Crippen LogP contribution in [0.2, 0.25) is 0 Å². The Bertz CT molecular complexity index is 779. The van der Waals surface area contributed by atoms with Crippen molar-refractivity contribution < 1.29 is 14.0 Å². The van der Waals surface area contributed by atoms with E-state index in [1.54, 1.807) is 36.5 Å². The number of furan rings is 1. The first-order valence-electron chi connectivity index (χ1n) is 6.59. The van der Waals surface area contributed by atoms with Crippen molar-refractivity contribution in [2.24, 2.45) is 0 Å². The molecule has 0 aliphatic rings. The Hall–Kier alpha value is -2.73. The summed E-state index contributed by atoms with van der Waals surface area (Å²) in [5.74, 6) is -0.0342. The molecule has 1 amide bonds. The van der Waals surface area contributed by atoms with Gasteiger partial charge in [-0.15, -0.1) is 11.3 Å². The van der Waals surface area contributed by atoms with E-state index >= 15 is 0 Å². The Kier molecular flexibility index (Phi) is 4.11. The van der Waals surface area contributed by atoms with Crippen molar-refractivity contribution >= 4 is 23.0 Å². The van der Waals surface area contributed by atoms with Gasteiger partial charge in [0, 0.05) is 17.3 Å². The maximum atomic E-state index is 12.1. The van der Waals surface area contributed by atoms with Crippen LogP contribution in [0, 0.1) is 0 Å². The fourth-order valence-electron chi connectivity index (χ4n) is 1.89. The highest BCUT2D eigenvalue weighted by atomic mass is 32.1. The first kappa shape index (κ1) is 14.2. The summed E-state index contributed by atoms with van der Waals surface area (Å²) in [7, 11) is 0. The molecular formula is C16H12N2O3S. The van der Waals surface area contributed by atoms with Crippen LogP contribution in [0.15, 0.2) is 59.5 Å². The third-order valence-corrected chi connectivity index (χ3v) is 4.06. The van der Waals surface area contributed by atoms with Crippen molar-refractivity contribution in [1.82, 2.24) is 10.3 Å². The third kappa shape index (κ3) is 3.12. The van der Waals surface area contributed by atoms with E-state index in [0.29, 0.717) is 22.7 Å². The molecule has 0 fully saturated rings. The van der Waals surface area contributed by atoms with Gasteiger partial charge in [0.15, 0.2) is 5.76 Å². The zero-order chi connectivity index (χ0) is 15.4. The average molecular weight is 312 g/mol. The molecular weight excluding hydrogens is 300 g/mol. The maximum Gasteiger partial charge on any atom is 0.253 e. The van der Waals surface area contributed by atoms with Gasteiger partial charge in [0.2, 0.25) is 5.78 Å². The number of carbonyl (C=O) groups excluding carboxylic acids is 2. The Labute approximate surface area is 130 Å². The number of hydrogen-bond donors (Lipinski definition) is 1. The Morgan fingerprint density at radius 2 is 2.09 bits per heavy atom. The molecule has 0 unspecified atom stereocenters. The van der Waals surface area contributed by atoms with Crippen LogP contribution in [0.5, 0.6) is 0 Å². The summed E-state index contributed by atoms with van der Waals surface area (Å²) in [6, 6.07) is 10.3. The van der Waals surface area contributed by atoms with E-state index in [1.807, 2.05) is 6.07 Å². The van der Waals surface area contributed by atoms with Crippen LogP contribution >= 0.6 is 11.3 Å². The fourth-order valence-corrected chi connectivity index (χ4v) is 2.78. The number of nitrogens with one attached hydrogen (secondary N) is 1. The van der Waals surface area contributed by atoms with Gasteiger partial charge in [0.25, 0.3) is 5.91 Å². The maximum absolute atomic E-state index is 12.1. The monoisotopic (exact) mass is 312 g/mol. The Morgan fingerprint density at radius 3 is 2.82 bits per heavy atom. The summed E-state index contributed by atoms with van der Waals surface area (Å²) in [5.41, 5.74) is 0.506. The quantitative estimate of drug-likeness (QED) is 0.735. The molecule has 3 aromatic rings. The van der Waals surface area contributed by atoms with E-state index in [4.69, 9.17) is 4.42 Å². The summed E-state index contributed by atoms with van der Waals surface area (Å²) in [6.45, 7) is 0.365. The molecule has 3 heterocycles. The van der Waals surface area contributed by atoms with Crippen molar-refractivity contribution in [3.8, 4) is 0 Å². The molecule has 3 rings (SSSR count). The SMILES string of the molecule is O=C(NCc1ccc(C(=O)c2ccco2)s1)c1cccnc1.